The number of fused-ring (bicyclic) bond motifs is 1. The lowest BCUT2D eigenvalue weighted by Crippen LogP contribution is -2.27. The van der Waals surface area contributed by atoms with E-state index in [-0.39, 0.29) is 23.0 Å². The van der Waals surface area contributed by atoms with E-state index in [1.807, 2.05) is 50.4 Å². The van der Waals surface area contributed by atoms with Crippen molar-refractivity contribution in [1.82, 2.24) is 24.5 Å². The Morgan fingerprint density at radius 1 is 1.03 bits per heavy atom. The van der Waals surface area contributed by atoms with E-state index in [9.17, 15) is 9.59 Å². The molecule has 4 aromatic rings. The van der Waals surface area contributed by atoms with Gasteiger partial charge in [0.25, 0.3) is 0 Å². The number of hydrogen-bond donors (Lipinski definition) is 1. The molecule has 7 nitrogen and oxygen atoms in total. The minimum absolute atomic E-state index is 0.0174. The highest BCUT2D eigenvalue weighted by Crippen LogP contribution is 2.14. The molecule has 0 fully saturated rings. The molecule has 7 heteroatoms. The summed E-state index contributed by atoms with van der Waals surface area (Å²) in [6.45, 7) is 6.72. The Bertz CT molecular complexity index is 1300. The summed E-state index contributed by atoms with van der Waals surface area (Å²) in [5.41, 5.74) is 4.28. The van der Waals surface area contributed by atoms with Gasteiger partial charge in [0.15, 0.2) is 0 Å². The smallest absolute Gasteiger partial charge is 0.300 e. The van der Waals surface area contributed by atoms with Crippen LogP contribution in [0.25, 0.3) is 11.3 Å². The number of rotatable bonds is 8. The van der Waals surface area contributed by atoms with Crippen molar-refractivity contribution < 1.29 is 4.79 Å². The van der Waals surface area contributed by atoms with Gasteiger partial charge in [-0.25, -0.2) is 0 Å². The second-order valence-electron chi connectivity index (χ2n) is 8.60. The first kappa shape index (κ1) is 22.5. The Morgan fingerprint density at radius 3 is 2.48 bits per heavy atom. The Balaban J connectivity index is 1.37. The average Bonchev–Trinajstić information content (AvgIpc) is 3.21. The van der Waals surface area contributed by atoms with Crippen molar-refractivity contribution in [2.45, 2.75) is 46.0 Å². The number of amides is 1. The molecule has 0 aliphatic rings. The van der Waals surface area contributed by atoms with Crippen LogP contribution in [0, 0.1) is 13.8 Å². The average molecular weight is 444 g/mol. The summed E-state index contributed by atoms with van der Waals surface area (Å²) in [6.07, 6.45) is 5.15. The monoisotopic (exact) mass is 443 g/mol. The second-order valence-corrected chi connectivity index (χ2v) is 8.60. The van der Waals surface area contributed by atoms with E-state index in [2.05, 4.69) is 40.6 Å². The van der Waals surface area contributed by atoms with Gasteiger partial charge in [0.2, 0.25) is 11.6 Å². The van der Waals surface area contributed by atoms with E-state index in [1.165, 1.54) is 5.56 Å². The third-order valence-corrected chi connectivity index (χ3v) is 5.80. The highest BCUT2D eigenvalue weighted by molar-refractivity contribution is 5.75. The molecule has 0 aliphatic heterocycles. The maximum Gasteiger partial charge on any atom is 0.300 e. The van der Waals surface area contributed by atoms with Gasteiger partial charge in [0.1, 0.15) is 5.82 Å². The molecule has 0 radical (unpaired) electrons. The van der Waals surface area contributed by atoms with Crippen molar-refractivity contribution in [3.05, 3.63) is 93.8 Å². The van der Waals surface area contributed by atoms with Crippen LogP contribution < -0.4 is 10.9 Å². The third-order valence-electron chi connectivity index (χ3n) is 5.80. The van der Waals surface area contributed by atoms with Crippen LogP contribution in [0.3, 0.4) is 0 Å². The van der Waals surface area contributed by atoms with E-state index in [1.54, 1.807) is 15.2 Å². The normalized spacial score (nSPS) is 12.1. The Kier molecular flexibility index (Phi) is 6.68. The Morgan fingerprint density at radius 2 is 1.76 bits per heavy atom. The minimum Gasteiger partial charge on any atom is -0.356 e. The number of carbonyl (C=O) groups is 1. The van der Waals surface area contributed by atoms with E-state index in [4.69, 9.17) is 0 Å². The molecular formula is C26H29N5O2. The van der Waals surface area contributed by atoms with Crippen LogP contribution in [0.5, 0.6) is 0 Å². The van der Waals surface area contributed by atoms with Crippen LogP contribution >= 0.6 is 0 Å². The first-order valence-electron chi connectivity index (χ1n) is 11.3. The molecule has 0 saturated heterocycles. The summed E-state index contributed by atoms with van der Waals surface area (Å²) in [5, 5.41) is 11.3. The van der Waals surface area contributed by atoms with Crippen molar-refractivity contribution in [3.63, 3.8) is 0 Å². The molecule has 1 N–H and O–H groups in total. The summed E-state index contributed by atoms with van der Waals surface area (Å²) >= 11 is 0. The molecule has 0 spiro atoms. The maximum absolute atomic E-state index is 13.0. The number of aromatic nitrogens is 4. The Hall–Kier alpha value is -3.74. The second kappa shape index (κ2) is 9.81. The predicted molar refractivity (Wildman–Crippen MR) is 129 cm³/mol. The molecule has 2 aromatic heterocycles. The zero-order valence-corrected chi connectivity index (χ0v) is 19.3. The number of nitrogens with zero attached hydrogens (tertiary/aromatic N) is 4. The van der Waals surface area contributed by atoms with Crippen LogP contribution in [-0.4, -0.2) is 31.6 Å². The van der Waals surface area contributed by atoms with Crippen molar-refractivity contribution in [3.8, 4) is 5.69 Å². The SMILES string of the molecule is Cc1cc(C)cc(-n2ccn3c(CCCC(=O)NCC(C)c4ccccc4)nnc3c2=O)c1. The molecule has 2 aromatic carbocycles. The van der Waals surface area contributed by atoms with E-state index in [0.717, 1.165) is 16.8 Å². The quantitative estimate of drug-likeness (QED) is 0.450. The molecule has 2 heterocycles. The lowest BCUT2D eigenvalue weighted by Gasteiger charge is -2.13. The van der Waals surface area contributed by atoms with Crippen LogP contribution in [-0.2, 0) is 11.2 Å². The summed E-state index contributed by atoms with van der Waals surface area (Å²) in [4.78, 5) is 25.3. The van der Waals surface area contributed by atoms with E-state index >= 15 is 0 Å². The molecule has 0 aliphatic carbocycles. The number of benzene rings is 2. The number of nitrogens with one attached hydrogen (secondary N) is 1. The largest absolute Gasteiger partial charge is 0.356 e. The van der Waals surface area contributed by atoms with Gasteiger partial charge in [-0.1, -0.05) is 43.3 Å². The summed E-state index contributed by atoms with van der Waals surface area (Å²) in [6, 6.07) is 16.2. The third kappa shape index (κ3) is 5.19. The van der Waals surface area contributed by atoms with Gasteiger partial charge < -0.3 is 5.32 Å². The maximum atomic E-state index is 13.0. The summed E-state index contributed by atoms with van der Waals surface area (Å²) < 4.78 is 3.31. The van der Waals surface area contributed by atoms with Crippen molar-refractivity contribution in [2.24, 2.45) is 0 Å². The highest BCUT2D eigenvalue weighted by atomic mass is 16.1. The van der Waals surface area contributed by atoms with Gasteiger partial charge in [0.05, 0.1) is 0 Å². The van der Waals surface area contributed by atoms with Gasteiger partial charge in [-0.15, -0.1) is 10.2 Å². The molecule has 4 rings (SSSR count). The van der Waals surface area contributed by atoms with Crippen LogP contribution in [0.4, 0.5) is 0 Å². The topological polar surface area (TPSA) is 81.3 Å². The lowest BCUT2D eigenvalue weighted by molar-refractivity contribution is -0.121. The number of hydrogen-bond acceptors (Lipinski definition) is 4. The van der Waals surface area contributed by atoms with Gasteiger partial charge >= 0.3 is 5.56 Å². The van der Waals surface area contributed by atoms with Gasteiger partial charge in [-0.05, 0) is 55.0 Å². The van der Waals surface area contributed by atoms with Crippen molar-refractivity contribution in [2.75, 3.05) is 6.54 Å². The van der Waals surface area contributed by atoms with Crippen LogP contribution in [0.15, 0.2) is 65.7 Å². The fourth-order valence-electron chi connectivity index (χ4n) is 4.06. The zero-order chi connectivity index (χ0) is 23.4. The standard InChI is InChI=1S/C26H29N5O2/c1-18-14-19(2)16-22(15-18)30-12-13-31-23(28-29-25(31)26(30)33)10-7-11-24(32)27-17-20(3)21-8-5-4-6-9-21/h4-6,8-9,12-16,20H,7,10-11,17H2,1-3H3,(H,27,32). The van der Waals surface area contributed by atoms with Gasteiger partial charge in [0, 0.05) is 37.5 Å². The molecule has 1 atom stereocenters. The fraction of sp³-hybridized carbons (Fsp3) is 0.308. The highest BCUT2D eigenvalue weighted by Gasteiger charge is 2.13. The molecule has 170 valence electrons. The number of aryl methyl sites for hydroxylation is 3. The fourth-order valence-corrected chi connectivity index (χ4v) is 4.06. The van der Waals surface area contributed by atoms with E-state index in [0.29, 0.717) is 31.6 Å². The molecule has 1 amide bonds. The molecule has 0 bridgehead atoms. The molecule has 0 saturated carbocycles. The lowest BCUT2D eigenvalue weighted by atomic mass is 10.0. The summed E-state index contributed by atoms with van der Waals surface area (Å²) in [5.74, 6) is 0.957. The minimum atomic E-state index is -0.214. The molecule has 33 heavy (non-hydrogen) atoms. The van der Waals surface area contributed by atoms with Crippen molar-refractivity contribution >= 4 is 11.6 Å². The predicted octanol–water partition coefficient (Wildman–Crippen LogP) is 3.74. The number of carbonyl (C=O) groups excluding carboxylic acids is 1. The van der Waals surface area contributed by atoms with Crippen molar-refractivity contribution in [1.29, 1.82) is 0 Å². The van der Waals surface area contributed by atoms with Gasteiger partial charge in [-0.3, -0.25) is 18.6 Å². The van der Waals surface area contributed by atoms with Gasteiger partial charge in [-0.2, -0.15) is 0 Å². The first-order chi connectivity index (χ1) is 15.9. The molecule has 1 unspecified atom stereocenters. The Labute approximate surface area is 193 Å². The zero-order valence-electron chi connectivity index (χ0n) is 19.3. The van der Waals surface area contributed by atoms with E-state index < -0.39 is 0 Å². The summed E-state index contributed by atoms with van der Waals surface area (Å²) in [7, 11) is 0. The van der Waals surface area contributed by atoms with Crippen LogP contribution in [0.1, 0.15) is 48.2 Å². The first-order valence-corrected chi connectivity index (χ1v) is 11.3. The van der Waals surface area contributed by atoms with Crippen LogP contribution in [0.2, 0.25) is 0 Å². The molecular weight excluding hydrogens is 414 g/mol.